The van der Waals surface area contributed by atoms with E-state index in [9.17, 15) is 4.79 Å². The first-order valence-electron chi connectivity index (χ1n) is 8.76. The van der Waals surface area contributed by atoms with E-state index in [4.69, 9.17) is 11.6 Å². The van der Waals surface area contributed by atoms with Gasteiger partial charge in [0.1, 0.15) is 5.69 Å². The molecule has 27 heavy (non-hydrogen) atoms. The van der Waals surface area contributed by atoms with Gasteiger partial charge in [0, 0.05) is 24.3 Å². The number of amides is 1. The second kappa shape index (κ2) is 9.14. The molecule has 0 unspecified atom stereocenters. The van der Waals surface area contributed by atoms with Crippen molar-refractivity contribution in [2.75, 3.05) is 11.9 Å². The topological polar surface area (TPSA) is 66.9 Å². The number of carbonyl (C=O) groups excluding carboxylic acids is 1. The highest BCUT2D eigenvalue weighted by Gasteiger charge is 2.09. The molecule has 5 nitrogen and oxygen atoms in total. The Hall–Kier alpha value is -2.92. The number of aryl methyl sites for hydroxylation is 1. The standard InChI is InChI=1S/C21H21ClN4O/c1-15-5-2-3-7-17(15)14-25-21-24-12-10-19(26-21)20(27)23-11-9-16-6-4-8-18(22)13-16/h2-8,10,12-13H,9,11,14H2,1H3,(H,23,27)(H,24,25,26). The molecule has 0 spiro atoms. The van der Waals surface area contributed by atoms with Crippen LogP contribution >= 0.6 is 11.6 Å². The lowest BCUT2D eigenvalue weighted by atomic mass is 10.1. The molecule has 0 saturated heterocycles. The van der Waals surface area contributed by atoms with Gasteiger partial charge in [0.2, 0.25) is 5.95 Å². The van der Waals surface area contributed by atoms with Crippen LogP contribution in [0.1, 0.15) is 27.2 Å². The maximum atomic E-state index is 12.3. The minimum Gasteiger partial charge on any atom is -0.350 e. The van der Waals surface area contributed by atoms with Gasteiger partial charge in [-0.2, -0.15) is 0 Å². The summed E-state index contributed by atoms with van der Waals surface area (Å²) in [4.78, 5) is 20.8. The highest BCUT2D eigenvalue weighted by atomic mass is 35.5. The van der Waals surface area contributed by atoms with E-state index < -0.39 is 0 Å². The summed E-state index contributed by atoms with van der Waals surface area (Å²) in [7, 11) is 0. The zero-order chi connectivity index (χ0) is 19.1. The Labute approximate surface area is 163 Å². The average Bonchev–Trinajstić information content (AvgIpc) is 2.67. The Morgan fingerprint density at radius 3 is 2.78 bits per heavy atom. The van der Waals surface area contributed by atoms with Crippen LogP contribution in [0.2, 0.25) is 5.02 Å². The van der Waals surface area contributed by atoms with Crippen molar-refractivity contribution in [1.29, 1.82) is 0 Å². The Morgan fingerprint density at radius 2 is 1.96 bits per heavy atom. The van der Waals surface area contributed by atoms with Crippen molar-refractivity contribution in [3.05, 3.63) is 88.2 Å². The van der Waals surface area contributed by atoms with E-state index >= 15 is 0 Å². The zero-order valence-corrected chi connectivity index (χ0v) is 15.8. The fourth-order valence-electron chi connectivity index (χ4n) is 2.66. The summed E-state index contributed by atoms with van der Waals surface area (Å²) >= 11 is 5.97. The van der Waals surface area contributed by atoms with Crippen molar-refractivity contribution in [2.24, 2.45) is 0 Å². The summed E-state index contributed by atoms with van der Waals surface area (Å²) < 4.78 is 0. The van der Waals surface area contributed by atoms with Crippen molar-refractivity contribution in [3.63, 3.8) is 0 Å². The molecule has 3 rings (SSSR count). The van der Waals surface area contributed by atoms with Crippen molar-refractivity contribution in [2.45, 2.75) is 19.9 Å². The van der Waals surface area contributed by atoms with Gasteiger partial charge in [-0.1, -0.05) is 48.0 Å². The van der Waals surface area contributed by atoms with Crippen LogP contribution < -0.4 is 10.6 Å². The lowest BCUT2D eigenvalue weighted by Crippen LogP contribution is -2.26. The number of nitrogens with zero attached hydrogens (tertiary/aromatic N) is 2. The first kappa shape index (κ1) is 18.9. The highest BCUT2D eigenvalue weighted by molar-refractivity contribution is 6.30. The first-order valence-corrected chi connectivity index (χ1v) is 9.14. The van der Waals surface area contributed by atoms with Crippen molar-refractivity contribution < 1.29 is 4.79 Å². The summed E-state index contributed by atoms with van der Waals surface area (Å²) in [6, 6.07) is 17.3. The van der Waals surface area contributed by atoms with Gasteiger partial charge in [0.15, 0.2) is 0 Å². The fourth-order valence-corrected chi connectivity index (χ4v) is 2.87. The van der Waals surface area contributed by atoms with Gasteiger partial charge in [-0.15, -0.1) is 0 Å². The number of halogens is 1. The third-order valence-corrected chi connectivity index (χ3v) is 4.41. The molecule has 0 aliphatic rings. The number of aromatic nitrogens is 2. The number of carbonyl (C=O) groups is 1. The molecule has 6 heteroatoms. The average molecular weight is 381 g/mol. The minimum atomic E-state index is -0.224. The maximum absolute atomic E-state index is 12.3. The Morgan fingerprint density at radius 1 is 1.11 bits per heavy atom. The van der Waals surface area contributed by atoms with Crippen molar-refractivity contribution in [1.82, 2.24) is 15.3 Å². The Bertz CT molecular complexity index is 929. The van der Waals surface area contributed by atoms with Crippen LogP contribution in [0, 0.1) is 6.92 Å². The molecule has 3 aromatic rings. The molecule has 138 valence electrons. The number of anilines is 1. The van der Waals surface area contributed by atoms with Gasteiger partial charge in [-0.25, -0.2) is 9.97 Å². The monoisotopic (exact) mass is 380 g/mol. The molecule has 0 bridgehead atoms. The summed E-state index contributed by atoms with van der Waals surface area (Å²) in [5.74, 6) is 0.208. The number of benzene rings is 2. The van der Waals surface area contributed by atoms with Gasteiger partial charge in [0.25, 0.3) is 5.91 Å². The summed E-state index contributed by atoms with van der Waals surface area (Å²) in [5.41, 5.74) is 3.77. The van der Waals surface area contributed by atoms with Crippen molar-refractivity contribution in [3.8, 4) is 0 Å². The molecule has 1 aromatic heterocycles. The molecule has 2 N–H and O–H groups in total. The molecule has 0 radical (unpaired) electrons. The first-order chi connectivity index (χ1) is 13.1. The van der Waals surface area contributed by atoms with E-state index in [1.807, 2.05) is 36.4 Å². The van der Waals surface area contributed by atoms with Crippen molar-refractivity contribution >= 4 is 23.5 Å². The van der Waals surface area contributed by atoms with Gasteiger partial charge >= 0.3 is 0 Å². The maximum Gasteiger partial charge on any atom is 0.270 e. The number of rotatable bonds is 7. The molecule has 2 aromatic carbocycles. The van der Waals surface area contributed by atoms with Gasteiger partial charge in [0.05, 0.1) is 0 Å². The van der Waals surface area contributed by atoms with E-state index in [1.54, 1.807) is 12.3 Å². The van der Waals surface area contributed by atoms with Gasteiger partial charge in [-0.05, 0) is 48.2 Å². The van der Waals surface area contributed by atoms with E-state index in [2.05, 4.69) is 39.7 Å². The molecule has 0 aliphatic heterocycles. The molecule has 0 atom stereocenters. The van der Waals surface area contributed by atoms with Gasteiger partial charge < -0.3 is 10.6 Å². The quantitative estimate of drug-likeness (QED) is 0.649. The highest BCUT2D eigenvalue weighted by Crippen LogP contribution is 2.11. The largest absolute Gasteiger partial charge is 0.350 e. The molecule has 1 heterocycles. The molecule has 1 amide bonds. The van der Waals surface area contributed by atoms with Crippen LogP contribution in [0.25, 0.3) is 0 Å². The van der Waals surface area contributed by atoms with Crippen LogP contribution in [0.3, 0.4) is 0 Å². The summed E-state index contributed by atoms with van der Waals surface area (Å²) in [6.45, 7) is 3.17. The Kier molecular flexibility index (Phi) is 6.39. The van der Waals surface area contributed by atoms with E-state index in [1.165, 1.54) is 5.56 Å². The van der Waals surface area contributed by atoms with E-state index in [-0.39, 0.29) is 5.91 Å². The molecular formula is C21H21ClN4O. The lowest BCUT2D eigenvalue weighted by Gasteiger charge is -2.09. The number of hydrogen-bond acceptors (Lipinski definition) is 4. The number of hydrogen-bond donors (Lipinski definition) is 2. The van der Waals surface area contributed by atoms with Gasteiger partial charge in [-0.3, -0.25) is 4.79 Å². The SMILES string of the molecule is Cc1ccccc1CNc1nccc(C(=O)NCCc2cccc(Cl)c2)n1. The van der Waals surface area contributed by atoms with E-state index in [0.29, 0.717) is 36.2 Å². The smallest absolute Gasteiger partial charge is 0.270 e. The third-order valence-electron chi connectivity index (χ3n) is 4.17. The van der Waals surface area contributed by atoms with Crippen LogP contribution in [-0.2, 0) is 13.0 Å². The second-order valence-corrected chi connectivity index (χ2v) is 6.62. The molecular weight excluding hydrogens is 360 g/mol. The lowest BCUT2D eigenvalue weighted by molar-refractivity contribution is 0.0949. The third kappa shape index (κ3) is 5.53. The minimum absolute atomic E-state index is 0.224. The van der Waals surface area contributed by atoms with Crippen LogP contribution in [0.15, 0.2) is 60.8 Å². The van der Waals surface area contributed by atoms with Crippen LogP contribution in [-0.4, -0.2) is 22.4 Å². The Balaban J connectivity index is 1.54. The predicted octanol–water partition coefficient (Wildman–Crippen LogP) is 4.02. The predicted molar refractivity (Wildman–Crippen MR) is 108 cm³/mol. The summed E-state index contributed by atoms with van der Waals surface area (Å²) in [5, 5.41) is 6.74. The normalized spacial score (nSPS) is 10.4. The molecule has 0 fully saturated rings. The zero-order valence-electron chi connectivity index (χ0n) is 15.1. The van der Waals surface area contributed by atoms with E-state index in [0.717, 1.165) is 11.1 Å². The van der Waals surface area contributed by atoms with Crippen LogP contribution in [0.5, 0.6) is 0 Å². The van der Waals surface area contributed by atoms with Crippen LogP contribution in [0.4, 0.5) is 5.95 Å². The fraction of sp³-hybridized carbons (Fsp3) is 0.190. The second-order valence-electron chi connectivity index (χ2n) is 6.18. The summed E-state index contributed by atoms with van der Waals surface area (Å²) in [6.07, 6.45) is 2.29. The molecule has 0 saturated carbocycles. The molecule has 0 aliphatic carbocycles. The number of nitrogens with one attached hydrogen (secondary N) is 2.